The van der Waals surface area contributed by atoms with Crippen LogP contribution in [0.1, 0.15) is 77.2 Å². The van der Waals surface area contributed by atoms with E-state index in [0.29, 0.717) is 22.5 Å². The normalized spacial score (nSPS) is 14.6. The zero-order valence-electron chi connectivity index (χ0n) is 21.4. The molecule has 2 heterocycles. The second kappa shape index (κ2) is 11.8. The summed E-state index contributed by atoms with van der Waals surface area (Å²) in [6, 6.07) is 5.45. The summed E-state index contributed by atoms with van der Waals surface area (Å²) >= 11 is 0. The second-order valence-corrected chi connectivity index (χ2v) is 9.12. The number of ether oxygens (including phenoxy) is 1. The Bertz CT molecular complexity index is 1240. The van der Waals surface area contributed by atoms with Gasteiger partial charge in [0.15, 0.2) is 0 Å². The molecule has 4 rings (SSSR count). The van der Waals surface area contributed by atoms with E-state index in [2.05, 4.69) is 20.4 Å². The molecule has 1 atom stereocenters. The number of hydrogen-bond acceptors (Lipinski definition) is 7. The van der Waals surface area contributed by atoms with Crippen molar-refractivity contribution in [3.8, 4) is 0 Å². The van der Waals surface area contributed by atoms with Crippen molar-refractivity contribution in [1.29, 1.82) is 0 Å². The van der Waals surface area contributed by atoms with E-state index in [-0.39, 0.29) is 24.2 Å². The van der Waals surface area contributed by atoms with Crippen LogP contribution < -0.4 is 10.2 Å². The van der Waals surface area contributed by atoms with Crippen molar-refractivity contribution in [2.75, 3.05) is 11.5 Å². The highest BCUT2D eigenvalue weighted by Crippen LogP contribution is 2.32. The summed E-state index contributed by atoms with van der Waals surface area (Å²) in [6.45, 7) is 3.80. The summed E-state index contributed by atoms with van der Waals surface area (Å²) in [4.78, 5) is 49.7. The molecule has 2 amide bonds. The zero-order valence-corrected chi connectivity index (χ0v) is 21.4. The first-order valence-electron chi connectivity index (χ1n) is 12.6. The number of nitrogens with one attached hydrogen (secondary N) is 1. The van der Waals surface area contributed by atoms with Crippen molar-refractivity contribution in [2.24, 2.45) is 7.05 Å². The molecule has 0 radical (unpaired) electrons. The van der Waals surface area contributed by atoms with Gasteiger partial charge in [-0.05, 0) is 51.0 Å². The van der Waals surface area contributed by atoms with Crippen LogP contribution in [0.5, 0.6) is 0 Å². The summed E-state index contributed by atoms with van der Waals surface area (Å²) in [5, 5.41) is 7.61. The number of amides is 2. The van der Waals surface area contributed by atoms with Crippen molar-refractivity contribution < 1.29 is 19.1 Å². The molecule has 0 spiro atoms. The largest absolute Gasteiger partial charge is 0.462 e. The Labute approximate surface area is 216 Å². The van der Waals surface area contributed by atoms with Crippen molar-refractivity contribution in [3.63, 3.8) is 0 Å². The second-order valence-electron chi connectivity index (χ2n) is 9.12. The molecule has 1 aliphatic rings. The molecule has 10 nitrogen and oxygen atoms in total. The van der Waals surface area contributed by atoms with E-state index in [4.69, 9.17) is 4.74 Å². The van der Waals surface area contributed by atoms with Crippen molar-refractivity contribution >= 4 is 23.5 Å². The predicted molar refractivity (Wildman–Crippen MR) is 137 cm³/mol. The summed E-state index contributed by atoms with van der Waals surface area (Å²) in [5.74, 6) is -1.26. The van der Waals surface area contributed by atoms with Gasteiger partial charge in [-0.25, -0.2) is 9.78 Å². The molecular weight excluding hydrogens is 472 g/mol. The fraction of sp³-hybridized carbons (Fsp3) is 0.407. The fourth-order valence-corrected chi connectivity index (χ4v) is 4.70. The van der Waals surface area contributed by atoms with E-state index in [1.165, 1.54) is 23.5 Å². The van der Waals surface area contributed by atoms with Gasteiger partial charge in [-0.2, -0.15) is 5.10 Å². The van der Waals surface area contributed by atoms with Gasteiger partial charge in [-0.15, -0.1) is 0 Å². The monoisotopic (exact) mass is 504 g/mol. The quantitative estimate of drug-likeness (QED) is 0.466. The van der Waals surface area contributed by atoms with E-state index >= 15 is 0 Å². The van der Waals surface area contributed by atoms with Crippen molar-refractivity contribution in [3.05, 3.63) is 71.6 Å². The first kappa shape index (κ1) is 26.0. The Morgan fingerprint density at radius 2 is 1.86 bits per heavy atom. The molecule has 2 aromatic heterocycles. The number of carbonyl (C=O) groups excluding carboxylic acids is 3. The number of carbonyl (C=O) groups is 3. The third-order valence-corrected chi connectivity index (χ3v) is 6.46. The molecule has 3 aromatic rings. The van der Waals surface area contributed by atoms with Gasteiger partial charge < -0.3 is 10.1 Å². The van der Waals surface area contributed by atoms with E-state index < -0.39 is 17.9 Å². The van der Waals surface area contributed by atoms with Crippen LogP contribution in [-0.2, 0) is 16.6 Å². The van der Waals surface area contributed by atoms with Crippen LogP contribution in [0, 0.1) is 6.92 Å². The lowest BCUT2D eigenvalue weighted by molar-refractivity contribution is -0.123. The van der Waals surface area contributed by atoms with Gasteiger partial charge in [0.05, 0.1) is 24.1 Å². The Hall–Kier alpha value is -4.08. The summed E-state index contributed by atoms with van der Waals surface area (Å²) in [7, 11) is 1.77. The molecule has 1 aromatic carbocycles. The van der Waals surface area contributed by atoms with Crippen LogP contribution >= 0.6 is 0 Å². The minimum atomic E-state index is -1.02. The Morgan fingerprint density at radius 3 is 2.46 bits per heavy atom. The number of aryl methyl sites for hydroxylation is 2. The number of aromatic nitrogens is 4. The molecule has 1 fully saturated rings. The predicted octanol–water partition coefficient (Wildman–Crippen LogP) is 3.53. The number of rotatable bonds is 8. The summed E-state index contributed by atoms with van der Waals surface area (Å²) in [5.41, 5.74) is 2.09. The molecule has 0 saturated heterocycles. The maximum atomic E-state index is 13.9. The van der Waals surface area contributed by atoms with Crippen LogP contribution in [0.15, 0.2) is 49.1 Å². The standard InChI is InChI=1S/C27H32N6O4/c1-4-37-27(36)19-10-12-21(13-11-19)33(26(35)23-16-28-14-15-29-23)24(22-17-32(3)31-18(22)2)25(34)30-20-8-6-5-7-9-20/h10-17,20,24H,4-9H2,1-3H3,(H,30,34)/t24-/m1/s1. The van der Waals surface area contributed by atoms with E-state index in [1.54, 1.807) is 49.1 Å². The first-order valence-corrected chi connectivity index (χ1v) is 12.6. The van der Waals surface area contributed by atoms with Gasteiger partial charge in [0.2, 0.25) is 5.91 Å². The van der Waals surface area contributed by atoms with Gasteiger partial charge in [0, 0.05) is 42.9 Å². The summed E-state index contributed by atoms with van der Waals surface area (Å²) in [6.07, 6.45) is 11.1. The lowest BCUT2D eigenvalue weighted by atomic mass is 9.94. The summed E-state index contributed by atoms with van der Waals surface area (Å²) < 4.78 is 6.72. The van der Waals surface area contributed by atoms with E-state index in [9.17, 15) is 14.4 Å². The molecule has 1 N–H and O–H groups in total. The van der Waals surface area contributed by atoms with Gasteiger partial charge in [-0.1, -0.05) is 19.3 Å². The lowest BCUT2D eigenvalue weighted by Gasteiger charge is -2.33. The van der Waals surface area contributed by atoms with Gasteiger partial charge in [-0.3, -0.25) is 24.2 Å². The molecule has 0 aliphatic heterocycles. The molecule has 0 unspecified atom stereocenters. The Kier molecular flexibility index (Phi) is 8.27. The molecule has 194 valence electrons. The molecule has 1 saturated carbocycles. The number of nitrogens with zero attached hydrogens (tertiary/aromatic N) is 5. The fourth-order valence-electron chi connectivity index (χ4n) is 4.70. The maximum Gasteiger partial charge on any atom is 0.338 e. The highest BCUT2D eigenvalue weighted by molar-refractivity contribution is 6.09. The van der Waals surface area contributed by atoms with Crippen LogP contribution in [0.2, 0.25) is 0 Å². The number of hydrogen-bond donors (Lipinski definition) is 1. The minimum Gasteiger partial charge on any atom is -0.462 e. The van der Waals surface area contributed by atoms with Gasteiger partial charge >= 0.3 is 5.97 Å². The third-order valence-electron chi connectivity index (χ3n) is 6.46. The minimum absolute atomic E-state index is 0.0420. The lowest BCUT2D eigenvalue weighted by Crippen LogP contribution is -2.47. The molecular formula is C27H32N6O4. The first-order chi connectivity index (χ1) is 17.9. The highest BCUT2D eigenvalue weighted by Gasteiger charge is 2.37. The Morgan fingerprint density at radius 1 is 1.14 bits per heavy atom. The van der Waals surface area contributed by atoms with Gasteiger partial charge in [0.25, 0.3) is 5.91 Å². The van der Waals surface area contributed by atoms with Crippen molar-refractivity contribution in [2.45, 2.75) is 58.0 Å². The maximum absolute atomic E-state index is 13.9. The highest BCUT2D eigenvalue weighted by atomic mass is 16.5. The van der Waals surface area contributed by atoms with Gasteiger partial charge in [0.1, 0.15) is 11.7 Å². The van der Waals surface area contributed by atoms with E-state index in [1.807, 2.05) is 6.92 Å². The van der Waals surface area contributed by atoms with Crippen molar-refractivity contribution in [1.82, 2.24) is 25.1 Å². The van der Waals surface area contributed by atoms with Crippen LogP contribution in [0.3, 0.4) is 0 Å². The average Bonchev–Trinajstić information content (AvgIpc) is 3.25. The molecule has 0 bridgehead atoms. The average molecular weight is 505 g/mol. The number of benzene rings is 1. The molecule has 10 heteroatoms. The SMILES string of the molecule is CCOC(=O)c1ccc(N(C(=O)c2cnccn2)[C@@H](C(=O)NC2CCCCC2)c2cn(C)nc2C)cc1. The zero-order chi connectivity index (χ0) is 26.4. The Balaban J connectivity index is 1.80. The van der Waals surface area contributed by atoms with E-state index in [0.717, 1.165) is 32.1 Å². The smallest absolute Gasteiger partial charge is 0.338 e. The molecule has 37 heavy (non-hydrogen) atoms. The van der Waals surface area contributed by atoms with Crippen LogP contribution in [0.4, 0.5) is 5.69 Å². The van der Waals surface area contributed by atoms with Crippen LogP contribution in [-0.4, -0.2) is 50.2 Å². The third kappa shape index (κ3) is 6.02. The number of anilines is 1. The van der Waals surface area contributed by atoms with Crippen LogP contribution in [0.25, 0.3) is 0 Å². The molecule has 1 aliphatic carbocycles. The topological polar surface area (TPSA) is 119 Å². The number of esters is 1.